The maximum atomic E-state index is 11.3. The summed E-state index contributed by atoms with van der Waals surface area (Å²) < 4.78 is 10.1. The number of nitrogens with zero attached hydrogens (tertiary/aromatic N) is 1. The summed E-state index contributed by atoms with van der Waals surface area (Å²) in [4.78, 5) is 13.2. The van der Waals surface area contributed by atoms with Gasteiger partial charge in [-0.05, 0) is 18.2 Å². The molecule has 1 aromatic carbocycles. The predicted molar refractivity (Wildman–Crippen MR) is 74.4 cm³/mol. The van der Waals surface area contributed by atoms with Gasteiger partial charge in [0.2, 0.25) is 0 Å². The first kappa shape index (κ1) is 15.8. The van der Waals surface area contributed by atoms with E-state index in [4.69, 9.17) is 21.1 Å². The fourth-order valence-corrected chi connectivity index (χ4v) is 1.88. The number of methoxy groups -OCH3 is 2. The lowest BCUT2D eigenvalue weighted by Gasteiger charge is -2.25. The molecule has 0 aliphatic rings. The van der Waals surface area contributed by atoms with Gasteiger partial charge in [0.25, 0.3) is 0 Å². The zero-order valence-electron chi connectivity index (χ0n) is 11.1. The minimum Gasteiger partial charge on any atom is -0.478 e. The first-order chi connectivity index (χ1) is 9.10. The van der Waals surface area contributed by atoms with E-state index in [1.54, 1.807) is 26.4 Å². The Morgan fingerprint density at radius 3 is 2.32 bits per heavy atom. The molecule has 0 aliphatic heterocycles. The van der Waals surface area contributed by atoms with Gasteiger partial charge < -0.3 is 19.5 Å². The molecule has 0 radical (unpaired) electrons. The number of hydrogen-bond donors (Lipinski definition) is 1. The molecule has 1 N–H and O–H groups in total. The second-order valence-electron chi connectivity index (χ2n) is 3.94. The number of carbonyl (C=O) groups is 1. The summed E-state index contributed by atoms with van der Waals surface area (Å²) in [5, 5.41) is 9.64. The Morgan fingerprint density at radius 2 is 1.84 bits per heavy atom. The van der Waals surface area contributed by atoms with Crippen molar-refractivity contribution >= 4 is 23.3 Å². The van der Waals surface area contributed by atoms with Crippen molar-refractivity contribution in [1.29, 1.82) is 0 Å². The molecule has 19 heavy (non-hydrogen) atoms. The number of anilines is 1. The van der Waals surface area contributed by atoms with Gasteiger partial charge in [0.1, 0.15) is 0 Å². The SMILES string of the molecule is COCCN(CCOC)c1ccc(Cl)cc1C(=O)O. The maximum Gasteiger partial charge on any atom is 0.337 e. The minimum absolute atomic E-state index is 0.180. The molecule has 106 valence electrons. The monoisotopic (exact) mass is 287 g/mol. The largest absolute Gasteiger partial charge is 0.478 e. The number of carboxylic acid groups (broad SMARTS) is 1. The van der Waals surface area contributed by atoms with E-state index in [9.17, 15) is 9.90 Å². The van der Waals surface area contributed by atoms with Crippen LogP contribution in [-0.4, -0.2) is 51.6 Å². The van der Waals surface area contributed by atoms with Crippen molar-refractivity contribution in [2.24, 2.45) is 0 Å². The van der Waals surface area contributed by atoms with E-state index in [2.05, 4.69) is 0 Å². The third kappa shape index (κ3) is 4.70. The summed E-state index contributed by atoms with van der Waals surface area (Å²) >= 11 is 5.84. The van der Waals surface area contributed by atoms with Gasteiger partial charge in [-0.2, -0.15) is 0 Å². The van der Waals surface area contributed by atoms with Gasteiger partial charge in [-0.25, -0.2) is 4.79 Å². The summed E-state index contributed by atoms with van der Waals surface area (Å²) in [6, 6.07) is 4.83. The van der Waals surface area contributed by atoms with Crippen molar-refractivity contribution in [2.45, 2.75) is 0 Å². The lowest BCUT2D eigenvalue weighted by atomic mass is 10.1. The first-order valence-electron chi connectivity index (χ1n) is 5.85. The summed E-state index contributed by atoms with van der Waals surface area (Å²) in [6.45, 7) is 2.18. The molecule has 0 unspecified atom stereocenters. The number of carboxylic acids is 1. The Balaban J connectivity index is 3.02. The van der Waals surface area contributed by atoms with Gasteiger partial charge in [-0.3, -0.25) is 0 Å². The molecule has 0 atom stereocenters. The smallest absolute Gasteiger partial charge is 0.337 e. The third-order valence-electron chi connectivity index (χ3n) is 2.66. The van der Waals surface area contributed by atoms with Crippen molar-refractivity contribution in [3.8, 4) is 0 Å². The number of benzene rings is 1. The second kappa shape index (κ2) is 7.99. The Labute approximate surface area is 117 Å². The normalized spacial score (nSPS) is 10.5. The third-order valence-corrected chi connectivity index (χ3v) is 2.90. The van der Waals surface area contributed by atoms with Crippen LogP contribution < -0.4 is 4.90 Å². The Kier molecular flexibility index (Phi) is 6.62. The molecule has 0 bridgehead atoms. The summed E-state index contributed by atoms with van der Waals surface area (Å²) in [5.41, 5.74) is 0.797. The fourth-order valence-electron chi connectivity index (χ4n) is 1.71. The average molecular weight is 288 g/mol. The predicted octanol–water partition coefficient (Wildman–Crippen LogP) is 2.14. The van der Waals surface area contributed by atoms with Gasteiger partial charge >= 0.3 is 5.97 Å². The van der Waals surface area contributed by atoms with Crippen LogP contribution in [0.3, 0.4) is 0 Å². The topological polar surface area (TPSA) is 59.0 Å². The molecule has 1 rings (SSSR count). The number of hydrogen-bond acceptors (Lipinski definition) is 4. The molecule has 0 aromatic heterocycles. The van der Waals surface area contributed by atoms with Crippen molar-refractivity contribution in [1.82, 2.24) is 0 Å². The van der Waals surface area contributed by atoms with E-state index in [1.165, 1.54) is 6.07 Å². The molecule has 6 heteroatoms. The van der Waals surface area contributed by atoms with E-state index < -0.39 is 5.97 Å². The van der Waals surface area contributed by atoms with E-state index in [1.807, 2.05) is 4.90 Å². The Morgan fingerprint density at radius 1 is 1.26 bits per heavy atom. The van der Waals surface area contributed by atoms with Crippen LogP contribution in [-0.2, 0) is 9.47 Å². The standard InChI is InChI=1S/C13H18ClNO4/c1-18-7-5-15(6-8-19-2)12-4-3-10(14)9-11(12)13(16)17/h3-4,9H,5-8H2,1-2H3,(H,16,17). The molecular weight excluding hydrogens is 270 g/mol. The molecule has 1 aromatic rings. The lowest BCUT2D eigenvalue weighted by molar-refractivity contribution is 0.0697. The Hall–Kier alpha value is -1.30. The lowest BCUT2D eigenvalue weighted by Crippen LogP contribution is -2.32. The van der Waals surface area contributed by atoms with Crippen LogP contribution in [0.1, 0.15) is 10.4 Å². The number of ether oxygens (including phenoxy) is 2. The van der Waals surface area contributed by atoms with Crippen LogP contribution in [0.2, 0.25) is 5.02 Å². The van der Waals surface area contributed by atoms with Crippen molar-refractivity contribution in [3.05, 3.63) is 28.8 Å². The molecular formula is C13H18ClNO4. The maximum absolute atomic E-state index is 11.3. The summed E-state index contributed by atoms with van der Waals surface area (Å²) in [6.07, 6.45) is 0. The molecule has 0 fully saturated rings. The van der Waals surface area contributed by atoms with Crippen LogP contribution in [0.4, 0.5) is 5.69 Å². The zero-order valence-corrected chi connectivity index (χ0v) is 11.8. The van der Waals surface area contributed by atoms with Crippen LogP contribution in [0.15, 0.2) is 18.2 Å². The van der Waals surface area contributed by atoms with Gasteiger partial charge in [0.15, 0.2) is 0 Å². The van der Waals surface area contributed by atoms with Gasteiger partial charge in [0.05, 0.1) is 24.5 Å². The zero-order chi connectivity index (χ0) is 14.3. The van der Waals surface area contributed by atoms with Crippen molar-refractivity contribution in [2.75, 3.05) is 45.4 Å². The molecule has 0 amide bonds. The van der Waals surface area contributed by atoms with Gasteiger partial charge in [-0.15, -0.1) is 0 Å². The quantitative estimate of drug-likeness (QED) is 0.794. The molecule has 5 nitrogen and oxygen atoms in total. The summed E-state index contributed by atoms with van der Waals surface area (Å²) in [5.74, 6) is -1.00. The van der Waals surface area contributed by atoms with E-state index in [-0.39, 0.29) is 5.56 Å². The Bertz CT molecular complexity index is 417. The first-order valence-corrected chi connectivity index (χ1v) is 6.23. The molecule has 0 saturated carbocycles. The average Bonchev–Trinajstić information content (AvgIpc) is 2.39. The number of rotatable bonds is 8. The fraction of sp³-hybridized carbons (Fsp3) is 0.462. The highest BCUT2D eigenvalue weighted by atomic mass is 35.5. The van der Waals surface area contributed by atoms with Crippen LogP contribution >= 0.6 is 11.6 Å². The van der Waals surface area contributed by atoms with Crippen molar-refractivity contribution < 1.29 is 19.4 Å². The highest BCUT2D eigenvalue weighted by Gasteiger charge is 2.16. The molecule has 0 spiro atoms. The molecule has 0 heterocycles. The molecule has 0 aliphatic carbocycles. The van der Waals surface area contributed by atoms with E-state index >= 15 is 0 Å². The minimum atomic E-state index is -1.00. The molecule has 0 saturated heterocycles. The van der Waals surface area contributed by atoms with Crippen LogP contribution in [0.5, 0.6) is 0 Å². The number of aromatic carboxylic acids is 1. The van der Waals surface area contributed by atoms with Gasteiger partial charge in [0, 0.05) is 32.3 Å². The van der Waals surface area contributed by atoms with Crippen molar-refractivity contribution in [3.63, 3.8) is 0 Å². The highest BCUT2D eigenvalue weighted by Crippen LogP contribution is 2.24. The second-order valence-corrected chi connectivity index (χ2v) is 4.38. The summed E-state index contributed by atoms with van der Waals surface area (Å²) in [7, 11) is 3.21. The van der Waals surface area contributed by atoms with E-state index in [0.717, 1.165) is 0 Å². The van der Waals surface area contributed by atoms with E-state index in [0.29, 0.717) is 37.0 Å². The number of halogens is 1. The van der Waals surface area contributed by atoms with Gasteiger partial charge in [-0.1, -0.05) is 11.6 Å². The van der Waals surface area contributed by atoms with Crippen LogP contribution in [0.25, 0.3) is 0 Å². The highest BCUT2D eigenvalue weighted by molar-refractivity contribution is 6.31. The van der Waals surface area contributed by atoms with Crippen LogP contribution in [0, 0.1) is 0 Å².